The number of amides is 1. The molecule has 2 aromatic heterocycles. The topological polar surface area (TPSA) is 66.1 Å². The van der Waals surface area contributed by atoms with Crippen LogP contribution in [-0.2, 0) is 11.2 Å². The highest BCUT2D eigenvalue weighted by Gasteiger charge is 2.27. The number of aryl methyl sites for hydroxylation is 2. The zero-order valence-electron chi connectivity index (χ0n) is 15.9. The number of hydrogen-bond acceptors (Lipinski definition) is 4. The Balaban J connectivity index is 1.53. The molecule has 3 aromatic rings. The van der Waals surface area contributed by atoms with Crippen LogP contribution in [0.1, 0.15) is 40.6 Å². The fraction of sp³-hybridized carbons (Fsp3) is 0.381. The molecule has 0 radical (unpaired) electrons. The Morgan fingerprint density at radius 2 is 2.07 bits per heavy atom. The Hall–Kier alpha value is -2.54. The van der Waals surface area contributed by atoms with Crippen LogP contribution < -0.4 is 5.56 Å². The molecular weight excluding hydrogens is 377 g/mol. The van der Waals surface area contributed by atoms with E-state index in [0.29, 0.717) is 24.3 Å². The molecule has 4 rings (SSSR count). The van der Waals surface area contributed by atoms with Gasteiger partial charge in [-0.3, -0.25) is 9.59 Å². The number of thiophene rings is 1. The van der Waals surface area contributed by atoms with Crippen molar-refractivity contribution in [3.05, 3.63) is 62.3 Å². The molecule has 1 aliphatic rings. The van der Waals surface area contributed by atoms with Crippen molar-refractivity contribution in [3.63, 3.8) is 0 Å². The van der Waals surface area contributed by atoms with E-state index in [-0.39, 0.29) is 29.6 Å². The fourth-order valence-electron chi connectivity index (χ4n) is 3.78. The van der Waals surface area contributed by atoms with Crippen LogP contribution in [0.5, 0.6) is 0 Å². The van der Waals surface area contributed by atoms with Gasteiger partial charge in [-0.15, -0.1) is 11.3 Å². The van der Waals surface area contributed by atoms with Gasteiger partial charge in [0.25, 0.3) is 5.56 Å². The molecule has 1 amide bonds. The number of nitrogens with zero attached hydrogens (tertiary/aromatic N) is 2. The number of benzene rings is 1. The Morgan fingerprint density at radius 1 is 1.32 bits per heavy atom. The number of aromatic amines is 1. The smallest absolute Gasteiger partial charge is 0.259 e. The van der Waals surface area contributed by atoms with Gasteiger partial charge in [0.1, 0.15) is 16.5 Å². The van der Waals surface area contributed by atoms with E-state index in [1.807, 2.05) is 18.7 Å². The molecule has 146 valence electrons. The van der Waals surface area contributed by atoms with Gasteiger partial charge in [-0.25, -0.2) is 9.37 Å². The average Bonchev–Trinajstić information content (AvgIpc) is 2.98. The average molecular weight is 399 g/mol. The van der Waals surface area contributed by atoms with E-state index in [0.717, 1.165) is 33.7 Å². The van der Waals surface area contributed by atoms with Gasteiger partial charge in [0, 0.05) is 23.9 Å². The summed E-state index contributed by atoms with van der Waals surface area (Å²) in [7, 11) is 0. The first kappa shape index (κ1) is 18.8. The molecule has 0 spiro atoms. The second-order valence-corrected chi connectivity index (χ2v) is 8.60. The van der Waals surface area contributed by atoms with Crippen LogP contribution in [0.3, 0.4) is 0 Å². The predicted molar refractivity (Wildman–Crippen MR) is 108 cm³/mol. The van der Waals surface area contributed by atoms with Crippen molar-refractivity contribution >= 4 is 27.5 Å². The molecule has 1 atom stereocenters. The summed E-state index contributed by atoms with van der Waals surface area (Å²) in [6.07, 6.45) is 2.00. The van der Waals surface area contributed by atoms with Crippen LogP contribution in [0.4, 0.5) is 4.39 Å². The number of hydrogen-bond donors (Lipinski definition) is 1. The molecule has 1 fully saturated rings. The van der Waals surface area contributed by atoms with E-state index in [4.69, 9.17) is 4.98 Å². The molecule has 0 saturated carbocycles. The Bertz CT molecular complexity index is 1090. The SMILES string of the molecule is Cc1sc2nc(C3CCCN(C(=O)Cc4ccc(F)cc4)C3)[nH]c(=O)c2c1C. The van der Waals surface area contributed by atoms with Crippen molar-refractivity contribution in [2.45, 2.75) is 39.0 Å². The van der Waals surface area contributed by atoms with Crippen LogP contribution in [0, 0.1) is 19.7 Å². The first-order valence-corrected chi connectivity index (χ1v) is 10.3. The minimum absolute atomic E-state index is 0.0162. The Labute approximate surface area is 166 Å². The summed E-state index contributed by atoms with van der Waals surface area (Å²) in [5.74, 6) is 0.394. The third kappa shape index (κ3) is 3.58. The van der Waals surface area contributed by atoms with Crippen molar-refractivity contribution in [2.24, 2.45) is 0 Å². The van der Waals surface area contributed by atoms with E-state index in [2.05, 4.69) is 4.98 Å². The van der Waals surface area contributed by atoms with Gasteiger partial charge in [-0.2, -0.15) is 0 Å². The number of likely N-dealkylation sites (tertiary alicyclic amines) is 1. The van der Waals surface area contributed by atoms with E-state index >= 15 is 0 Å². The monoisotopic (exact) mass is 399 g/mol. The van der Waals surface area contributed by atoms with Gasteiger partial charge in [-0.05, 0) is 49.9 Å². The maximum absolute atomic E-state index is 13.1. The third-order valence-electron chi connectivity index (χ3n) is 5.49. The summed E-state index contributed by atoms with van der Waals surface area (Å²) < 4.78 is 13.1. The van der Waals surface area contributed by atoms with E-state index in [1.54, 1.807) is 12.1 Å². The molecule has 1 aromatic carbocycles. The molecule has 1 aliphatic heterocycles. The molecule has 0 bridgehead atoms. The number of piperidine rings is 1. The maximum Gasteiger partial charge on any atom is 0.259 e. The molecule has 1 N–H and O–H groups in total. The van der Waals surface area contributed by atoms with Gasteiger partial charge < -0.3 is 9.88 Å². The molecule has 28 heavy (non-hydrogen) atoms. The molecule has 1 unspecified atom stereocenters. The van der Waals surface area contributed by atoms with E-state index in [9.17, 15) is 14.0 Å². The second kappa shape index (κ2) is 7.47. The van der Waals surface area contributed by atoms with Gasteiger partial charge >= 0.3 is 0 Å². The number of fused-ring (bicyclic) bond motifs is 1. The summed E-state index contributed by atoms with van der Waals surface area (Å²) in [4.78, 5) is 36.6. The minimum Gasteiger partial charge on any atom is -0.342 e. The lowest BCUT2D eigenvalue weighted by atomic mass is 9.96. The molecular formula is C21H22FN3O2S. The van der Waals surface area contributed by atoms with Gasteiger partial charge in [0.2, 0.25) is 5.91 Å². The number of carbonyl (C=O) groups is 1. The fourth-order valence-corrected chi connectivity index (χ4v) is 4.82. The molecule has 5 nitrogen and oxygen atoms in total. The van der Waals surface area contributed by atoms with Crippen molar-refractivity contribution in [2.75, 3.05) is 13.1 Å². The summed E-state index contributed by atoms with van der Waals surface area (Å²) in [6.45, 7) is 5.18. The summed E-state index contributed by atoms with van der Waals surface area (Å²) in [5, 5.41) is 0.673. The number of rotatable bonds is 3. The van der Waals surface area contributed by atoms with Crippen molar-refractivity contribution in [1.29, 1.82) is 0 Å². The van der Waals surface area contributed by atoms with Gasteiger partial charge in [0.05, 0.1) is 11.8 Å². The second-order valence-electron chi connectivity index (χ2n) is 7.40. The van der Waals surface area contributed by atoms with Crippen molar-refractivity contribution in [1.82, 2.24) is 14.9 Å². The van der Waals surface area contributed by atoms with Crippen molar-refractivity contribution < 1.29 is 9.18 Å². The van der Waals surface area contributed by atoms with Crippen LogP contribution in [0.15, 0.2) is 29.1 Å². The lowest BCUT2D eigenvalue weighted by Crippen LogP contribution is -2.40. The Morgan fingerprint density at radius 3 is 2.82 bits per heavy atom. The molecule has 7 heteroatoms. The zero-order chi connectivity index (χ0) is 19.8. The summed E-state index contributed by atoms with van der Waals surface area (Å²) in [6, 6.07) is 6.03. The number of carbonyl (C=O) groups excluding carboxylic acids is 1. The Kier molecular flexibility index (Phi) is 5.02. The van der Waals surface area contributed by atoms with Crippen LogP contribution in [-0.4, -0.2) is 33.9 Å². The van der Waals surface area contributed by atoms with Crippen LogP contribution in [0.2, 0.25) is 0 Å². The summed E-state index contributed by atoms with van der Waals surface area (Å²) in [5.41, 5.74) is 1.68. The number of aromatic nitrogens is 2. The lowest BCUT2D eigenvalue weighted by molar-refractivity contribution is -0.131. The highest BCUT2D eigenvalue weighted by Crippen LogP contribution is 2.29. The van der Waals surface area contributed by atoms with Crippen LogP contribution in [0.25, 0.3) is 10.2 Å². The standard InChI is InChI=1S/C21H22FN3O2S/c1-12-13(2)28-21-18(12)20(27)23-19(24-21)15-4-3-9-25(11-15)17(26)10-14-5-7-16(22)8-6-14/h5-8,15H,3-4,9-11H2,1-2H3,(H,23,24,27). The number of halogens is 1. The number of nitrogens with one attached hydrogen (secondary N) is 1. The normalized spacial score (nSPS) is 17.2. The van der Waals surface area contributed by atoms with Crippen LogP contribution >= 0.6 is 11.3 Å². The third-order valence-corrected chi connectivity index (χ3v) is 6.59. The quantitative estimate of drug-likeness (QED) is 0.730. The lowest BCUT2D eigenvalue weighted by Gasteiger charge is -2.32. The highest BCUT2D eigenvalue weighted by atomic mass is 32.1. The summed E-state index contributed by atoms with van der Waals surface area (Å²) >= 11 is 1.54. The van der Waals surface area contributed by atoms with Gasteiger partial charge in [-0.1, -0.05) is 12.1 Å². The molecule has 0 aliphatic carbocycles. The number of H-pyrrole nitrogens is 1. The predicted octanol–water partition coefficient (Wildman–Crippen LogP) is 3.69. The molecule has 1 saturated heterocycles. The van der Waals surface area contributed by atoms with E-state index < -0.39 is 0 Å². The first-order valence-electron chi connectivity index (χ1n) is 9.44. The van der Waals surface area contributed by atoms with E-state index in [1.165, 1.54) is 23.5 Å². The van der Waals surface area contributed by atoms with Crippen molar-refractivity contribution in [3.8, 4) is 0 Å². The first-order chi connectivity index (χ1) is 13.4. The zero-order valence-corrected chi connectivity index (χ0v) is 16.7. The minimum atomic E-state index is -0.307. The molecule has 3 heterocycles. The largest absolute Gasteiger partial charge is 0.342 e. The maximum atomic E-state index is 13.1. The highest BCUT2D eigenvalue weighted by molar-refractivity contribution is 7.18. The van der Waals surface area contributed by atoms with Gasteiger partial charge in [0.15, 0.2) is 0 Å².